The summed E-state index contributed by atoms with van der Waals surface area (Å²) in [6, 6.07) is 10.7. The number of anilines is 2. The number of nitrogens with two attached hydrogens (primary N) is 1. The molecule has 7 N–H and O–H groups in total. The van der Waals surface area contributed by atoms with Crippen LogP contribution in [0, 0.1) is 5.92 Å². The molecule has 1 fully saturated rings. The zero-order valence-corrected chi connectivity index (χ0v) is 21.5. The molecule has 1 atom stereocenters. The van der Waals surface area contributed by atoms with Crippen molar-refractivity contribution in [2.75, 3.05) is 30.3 Å². The summed E-state index contributed by atoms with van der Waals surface area (Å²) in [5.74, 6) is 4.98. The molecule has 3 rings (SSSR count). The highest BCUT2D eigenvalue weighted by atomic mass is 19.4. The Bertz CT molecular complexity index is 1060. The molecule has 2 aromatic carbocycles. The zero-order chi connectivity index (χ0) is 28.0. The monoisotopic (exact) mass is 536 g/mol. The largest absolute Gasteiger partial charge is 0.416 e. The van der Waals surface area contributed by atoms with E-state index < -0.39 is 23.7 Å². The second-order valence-electron chi connectivity index (χ2n) is 8.33. The lowest BCUT2D eigenvalue weighted by Crippen LogP contribution is -2.36. The number of piperidine rings is 1. The number of carbonyl (C=O) groups excluding carboxylic acids is 2. The second kappa shape index (κ2) is 15.5. The molecule has 0 spiro atoms. The van der Waals surface area contributed by atoms with E-state index in [0.29, 0.717) is 18.0 Å². The minimum Gasteiger partial charge on any atom is -0.391 e. The number of amides is 3. The number of alkyl halides is 3. The minimum absolute atomic E-state index is 0.0216. The molecule has 12 heteroatoms. The summed E-state index contributed by atoms with van der Waals surface area (Å²) < 4.78 is 40.3. The lowest BCUT2D eigenvalue weighted by atomic mass is 10.00. The molecular weight excluding hydrogens is 501 g/mol. The maximum Gasteiger partial charge on any atom is 0.416 e. The first-order valence-corrected chi connectivity index (χ1v) is 12.4. The number of urea groups is 1. The summed E-state index contributed by atoms with van der Waals surface area (Å²) in [5.41, 5.74) is -0.636. The highest BCUT2D eigenvalue weighted by molar-refractivity contribution is 5.95. The van der Waals surface area contributed by atoms with E-state index in [4.69, 9.17) is 5.90 Å². The lowest BCUT2D eigenvalue weighted by molar-refractivity contribution is -0.137. The van der Waals surface area contributed by atoms with E-state index >= 15 is 0 Å². The maximum atomic E-state index is 13.4. The molecule has 1 saturated heterocycles. The summed E-state index contributed by atoms with van der Waals surface area (Å²) in [6.07, 6.45) is -1.22. The molecule has 1 aliphatic rings. The van der Waals surface area contributed by atoms with Gasteiger partial charge in [0.2, 0.25) is 11.8 Å². The third-order valence-corrected chi connectivity index (χ3v) is 5.41. The van der Waals surface area contributed by atoms with Gasteiger partial charge in [0.1, 0.15) is 0 Å². The Morgan fingerprint density at radius 1 is 1.11 bits per heavy atom. The Morgan fingerprint density at radius 3 is 2.39 bits per heavy atom. The summed E-state index contributed by atoms with van der Waals surface area (Å²) in [5, 5.41) is 13.4. The Balaban J connectivity index is 0.00000247. The number of benzene rings is 2. The number of hydrogen-bond acceptors (Lipinski definition) is 6. The fourth-order valence-electron chi connectivity index (χ4n) is 3.71. The van der Waals surface area contributed by atoms with Crippen LogP contribution in [0.2, 0.25) is 0 Å². The molecule has 2 aromatic rings. The molecule has 0 radical (unpaired) electrons. The van der Waals surface area contributed by atoms with Gasteiger partial charge in [-0.25, -0.2) is 4.79 Å². The summed E-state index contributed by atoms with van der Waals surface area (Å²) in [6.45, 7) is 6.48. The predicted octanol–water partition coefficient (Wildman–Crippen LogP) is 4.31. The van der Waals surface area contributed by atoms with Crippen molar-refractivity contribution >= 4 is 23.3 Å². The topological polar surface area (TPSA) is 130 Å². The van der Waals surface area contributed by atoms with Crippen molar-refractivity contribution < 1.29 is 27.6 Å². The third-order valence-electron chi connectivity index (χ3n) is 5.41. The SMILES string of the molecule is CC.NO/C(=C\NCC1CCCNC1)NC(=O)Nc1cc(NC(=O)Cc2ccccc2)cc(C(F)(F)F)c1. The van der Waals surface area contributed by atoms with Crippen LogP contribution >= 0.6 is 0 Å². The number of halogens is 3. The number of rotatable bonds is 9. The standard InChI is InChI=1S/C24H29F3N6O3.C2H6/c25-24(26,27)18-10-19(31-21(34)9-16-5-2-1-3-6-16)12-20(11-18)32-23(35)33-22(36-28)15-30-14-17-7-4-8-29-13-17;1-2/h1-3,5-6,10-12,15,17,29-30H,4,7-9,13-14,28H2,(H,31,34)(H2,32,33,35);1-2H3/b22-15-;. The number of hydrogen-bond donors (Lipinski definition) is 6. The van der Waals surface area contributed by atoms with Crippen molar-refractivity contribution in [3.63, 3.8) is 0 Å². The fraction of sp³-hybridized carbons (Fsp3) is 0.385. The highest BCUT2D eigenvalue weighted by Gasteiger charge is 2.31. The third kappa shape index (κ3) is 10.7. The minimum atomic E-state index is -4.70. The van der Waals surface area contributed by atoms with Crippen molar-refractivity contribution in [2.45, 2.75) is 39.3 Å². The summed E-state index contributed by atoms with van der Waals surface area (Å²) in [7, 11) is 0. The first kappa shape index (κ1) is 30.5. The van der Waals surface area contributed by atoms with Crippen LogP contribution in [0.4, 0.5) is 29.3 Å². The molecule has 3 amide bonds. The molecule has 0 bridgehead atoms. The molecule has 0 aliphatic carbocycles. The maximum absolute atomic E-state index is 13.4. The fourth-order valence-corrected chi connectivity index (χ4v) is 3.71. The lowest BCUT2D eigenvalue weighted by Gasteiger charge is -2.22. The normalized spacial score (nSPS) is 15.4. The summed E-state index contributed by atoms with van der Waals surface area (Å²) >= 11 is 0. The molecule has 0 saturated carbocycles. The average Bonchev–Trinajstić information content (AvgIpc) is 2.89. The van der Waals surface area contributed by atoms with E-state index in [1.807, 2.05) is 13.8 Å². The molecular formula is C26H35F3N6O3. The molecule has 1 heterocycles. The average molecular weight is 537 g/mol. The van der Waals surface area contributed by atoms with E-state index in [1.165, 1.54) is 12.3 Å². The molecule has 38 heavy (non-hydrogen) atoms. The van der Waals surface area contributed by atoms with Crippen LogP contribution in [0.5, 0.6) is 0 Å². The van der Waals surface area contributed by atoms with Gasteiger partial charge in [0.05, 0.1) is 18.2 Å². The van der Waals surface area contributed by atoms with Crippen LogP contribution in [-0.4, -0.2) is 31.6 Å². The van der Waals surface area contributed by atoms with Crippen LogP contribution < -0.4 is 32.5 Å². The van der Waals surface area contributed by atoms with E-state index in [0.717, 1.165) is 38.1 Å². The van der Waals surface area contributed by atoms with Crippen molar-refractivity contribution in [1.82, 2.24) is 16.0 Å². The Morgan fingerprint density at radius 2 is 1.79 bits per heavy atom. The van der Waals surface area contributed by atoms with Gasteiger partial charge in [0.15, 0.2) is 0 Å². The van der Waals surface area contributed by atoms with Crippen LogP contribution in [0.1, 0.15) is 37.8 Å². The van der Waals surface area contributed by atoms with Crippen molar-refractivity contribution in [3.8, 4) is 0 Å². The number of nitrogens with one attached hydrogen (secondary N) is 5. The zero-order valence-electron chi connectivity index (χ0n) is 21.5. The van der Waals surface area contributed by atoms with Gasteiger partial charge in [-0.1, -0.05) is 44.2 Å². The van der Waals surface area contributed by atoms with Gasteiger partial charge in [-0.05, 0) is 55.6 Å². The van der Waals surface area contributed by atoms with E-state index in [9.17, 15) is 22.8 Å². The van der Waals surface area contributed by atoms with Crippen molar-refractivity contribution in [1.29, 1.82) is 0 Å². The Labute approximate surface area is 220 Å². The predicted molar refractivity (Wildman–Crippen MR) is 141 cm³/mol. The first-order valence-electron chi connectivity index (χ1n) is 12.4. The van der Waals surface area contributed by atoms with Crippen LogP contribution in [0.3, 0.4) is 0 Å². The van der Waals surface area contributed by atoms with Gasteiger partial charge in [-0.3, -0.25) is 10.1 Å². The molecule has 0 aromatic heterocycles. The first-order chi connectivity index (χ1) is 18.2. The van der Waals surface area contributed by atoms with Crippen molar-refractivity contribution in [2.24, 2.45) is 11.8 Å². The van der Waals surface area contributed by atoms with Crippen LogP contribution in [0.15, 0.2) is 60.6 Å². The molecule has 1 aliphatic heterocycles. The highest BCUT2D eigenvalue weighted by Crippen LogP contribution is 2.33. The number of carbonyl (C=O) groups is 2. The molecule has 1 unspecified atom stereocenters. The van der Waals surface area contributed by atoms with Gasteiger partial charge in [-0.15, -0.1) is 0 Å². The van der Waals surface area contributed by atoms with E-state index in [2.05, 4.69) is 31.4 Å². The quantitative estimate of drug-likeness (QED) is 0.209. The van der Waals surface area contributed by atoms with E-state index in [1.54, 1.807) is 30.3 Å². The van der Waals surface area contributed by atoms with Gasteiger partial charge in [0.25, 0.3) is 0 Å². The van der Waals surface area contributed by atoms with Gasteiger partial charge < -0.3 is 26.1 Å². The smallest absolute Gasteiger partial charge is 0.391 e. The molecule has 9 nitrogen and oxygen atoms in total. The van der Waals surface area contributed by atoms with Crippen molar-refractivity contribution in [3.05, 3.63) is 71.7 Å². The second-order valence-corrected chi connectivity index (χ2v) is 8.33. The van der Waals surface area contributed by atoms with Gasteiger partial charge in [0, 0.05) is 17.9 Å². The molecule has 208 valence electrons. The summed E-state index contributed by atoms with van der Waals surface area (Å²) in [4.78, 5) is 29.3. The Kier molecular flexibility index (Phi) is 12.4. The van der Waals surface area contributed by atoms with Gasteiger partial charge in [-0.2, -0.15) is 19.1 Å². The van der Waals surface area contributed by atoms with E-state index in [-0.39, 0.29) is 23.7 Å². The van der Waals surface area contributed by atoms with Crippen LogP contribution in [0.25, 0.3) is 0 Å². The Hall–Kier alpha value is -3.77. The van der Waals surface area contributed by atoms with Gasteiger partial charge >= 0.3 is 12.2 Å². The van der Waals surface area contributed by atoms with Crippen LogP contribution in [-0.2, 0) is 22.2 Å².